The number of nitrogens with one attached hydrogen (secondary N) is 1. The van der Waals surface area contributed by atoms with Gasteiger partial charge in [-0.25, -0.2) is 13.1 Å². The molecule has 0 spiro atoms. The monoisotopic (exact) mass is 299 g/mol. The number of ether oxygens (including phenoxy) is 1. The van der Waals surface area contributed by atoms with Crippen LogP contribution in [-0.4, -0.2) is 52.7 Å². The first kappa shape index (κ1) is 15.2. The summed E-state index contributed by atoms with van der Waals surface area (Å²) in [5.74, 6) is 0. The van der Waals surface area contributed by atoms with Gasteiger partial charge in [0.1, 0.15) is 4.90 Å². The summed E-state index contributed by atoms with van der Waals surface area (Å²) in [7, 11) is -3.56. The topological polar surface area (TPSA) is 84.7 Å². The van der Waals surface area contributed by atoms with Crippen molar-refractivity contribution in [3.8, 4) is 0 Å². The maximum Gasteiger partial charge on any atom is 0.242 e. The minimum absolute atomic E-state index is 0.182. The number of hydrogen-bond donors (Lipinski definition) is 2. The second kappa shape index (κ2) is 6.53. The van der Waals surface area contributed by atoms with Crippen molar-refractivity contribution in [1.29, 1.82) is 0 Å². The molecule has 20 heavy (non-hydrogen) atoms. The van der Waals surface area contributed by atoms with Gasteiger partial charge in [-0.2, -0.15) is 0 Å². The van der Waals surface area contributed by atoms with Crippen molar-refractivity contribution >= 4 is 15.7 Å². The number of morpholine rings is 1. The van der Waals surface area contributed by atoms with E-state index in [0.717, 1.165) is 13.1 Å². The van der Waals surface area contributed by atoms with Crippen LogP contribution < -0.4 is 10.5 Å². The lowest BCUT2D eigenvalue weighted by molar-refractivity contribution is 0.0390. The summed E-state index contributed by atoms with van der Waals surface area (Å²) in [6.45, 7) is 5.88. The normalized spacial score (nSPS) is 17.2. The lowest BCUT2D eigenvalue weighted by Crippen LogP contribution is -2.41. The molecule has 1 aromatic carbocycles. The molecule has 1 fully saturated rings. The van der Waals surface area contributed by atoms with Crippen molar-refractivity contribution in [3.05, 3.63) is 23.8 Å². The van der Waals surface area contributed by atoms with E-state index in [9.17, 15) is 8.42 Å². The number of sulfonamides is 1. The molecule has 1 aliphatic rings. The highest BCUT2D eigenvalue weighted by molar-refractivity contribution is 7.89. The number of nitrogen functional groups attached to an aromatic ring is 1. The number of hydrogen-bond acceptors (Lipinski definition) is 5. The zero-order valence-corrected chi connectivity index (χ0v) is 12.4. The number of rotatable bonds is 5. The molecule has 0 radical (unpaired) electrons. The summed E-state index contributed by atoms with van der Waals surface area (Å²) in [6, 6.07) is 5.09. The number of nitrogens with two attached hydrogens (primary N) is 1. The highest BCUT2D eigenvalue weighted by Crippen LogP contribution is 2.21. The van der Waals surface area contributed by atoms with Gasteiger partial charge in [-0.1, -0.05) is 12.1 Å². The van der Waals surface area contributed by atoms with E-state index in [1.54, 1.807) is 25.1 Å². The molecule has 0 amide bonds. The van der Waals surface area contributed by atoms with E-state index in [2.05, 4.69) is 9.62 Å². The highest BCUT2D eigenvalue weighted by atomic mass is 32.2. The van der Waals surface area contributed by atoms with Gasteiger partial charge < -0.3 is 10.5 Å². The van der Waals surface area contributed by atoms with E-state index in [0.29, 0.717) is 31.9 Å². The largest absolute Gasteiger partial charge is 0.398 e. The third kappa shape index (κ3) is 3.69. The molecular formula is C13H21N3O3S. The van der Waals surface area contributed by atoms with Crippen LogP contribution in [0.1, 0.15) is 5.56 Å². The molecule has 1 heterocycles. The molecule has 0 bridgehead atoms. The maximum atomic E-state index is 12.3. The Balaban J connectivity index is 1.97. The van der Waals surface area contributed by atoms with Gasteiger partial charge in [-0.15, -0.1) is 0 Å². The molecule has 0 saturated carbocycles. The smallest absolute Gasteiger partial charge is 0.242 e. The summed E-state index contributed by atoms with van der Waals surface area (Å²) in [6.07, 6.45) is 0. The first-order valence-corrected chi connectivity index (χ1v) is 8.14. The zero-order chi connectivity index (χ0) is 14.6. The maximum absolute atomic E-state index is 12.3. The third-order valence-corrected chi connectivity index (χ3v) is 5.01. The Kier molecular flexibility index (Phi) is 4.98. The molecule has 0 atom stereocenters. The van der Waals surface area contributed by atoms with Gasteiger partial charge in [0.2, 0.25) is 10.0 Å². The third-order valence-electron chi connectivity index (χ3n) is 3.33. The van der Waals surface area contributed by atoms with Crippen LogP contribution in [-0.2, 0) is 14.8 Å². The molecule has 112 valence electrons. The fraction of sp³-hybridized carbons (Fsp3) is 0.538. The van der Waals surface area contributed by atoms with E-state index in [1.165, 1.54) is 0 Å². The van der Waals surface area contributed by atoms with Gasteiger partial charge >= 0.3 is 0 Å². The molecule has 1 saturated heterocycles. The van der Waals surface area contributed by atoms with Crippen molar-refractivity contribution in [1.82, 2.24) is 9.62 Å². The zero-order valence-electron chi connectivity index (χ0n) is 11.6. The molecule has 2 rings (SSSR count). The molecule has 1 aliphatic heterocycles. The molecule has 1 aromatic rings. The van der Waals surface area contributed by atoms with Crippen LogP contribution in [0.4, 0.5) is 5.69 Å². The van der Waals surface area contributed by atoms with Gasteiger partial charge in [0, 0.05) is 26.2 Å². The van der Waals surface area contributed by atoms with Gasteiger partial charge in [0.25, 0.3) is 0 Å². The molecular weight excluding hydrogens is 278 g/mol. The molecule has 3 N–H and O–H groups in total. The van der Waals surface area contributed by atoms with Crippen LogP contribution in [0.2, 0.25) is 0 Å². The lowest BCUT2D eigenvalue weighted by Gasteiger charge is -2.26. The summed E-state index contributed by atoms with van der Waals surface area (Å²) in [5, 5.41) is 0. The number of benzene rings is 1. The fourth-order valence-corrected chi connectivity index (χ4v) is 3.65. The SMILES string of the molecule is Cc1cccc(N)c1S(=O)(=O)NCCN1CCOCC1. The minimum atomic E-state index is -3.56. The van der Waals surface area contributed by atoms with Gasteiger partial charge in [-0.05, 0) is 18.6 Å². The van der Waals surface area contributed by atoms with Gasteiger partial charge in [-0.3, -0.25) is 4.90 Å². The number of anilines is 1. The van der Waals surface area contributed by atoms with E-state index in [1.807, 2.05) is 0 Å². The Bertz CT molecular complexity index is 534. The van der Waals surface area contributed by atoms with Gasteiger partial charge in [0.15, 0.2) is 0 Å². The fourth-order valence-electron chi connectivity index (χ4n) is 2.28. The van der Waals surface area contributed by atoms with E-state index in [-0.39, 0.29) is 10.6 Å². The molecule has 0 aromatic heterocycles. The van der Waals surface area contributed by atoms with E-state index in [4.69, 9.17) is 10.5 Å². The lowest BCUT2D eigenvalue weighted by atomic mass is 10.2. The highest BCUT2D eigenvalue weighted by Gasteiger charge is 2.20. The van der Waals surface area contributed by atoms with Crippen molar-refractivity contribution in [2.24, 2.45) is 0 Å². The quantitative estimate of drug-likeness (QED) is 0.758. The van der Waals surface area contributed by atoms with Crippen LogP contribution in [0.3, 0.4) is 0 Å². The molecule has 6 nitrogen and oxygen atoms in total. The summed E-state index contributed by atoms with van der Waals surface area (Å²) in [5.41, 5.74) is 6.71. The second-order valence-electron chi connectivity index (χ2n) is 4.85. The standard InChI is InChI=1S/C13H21N3O3S/c1-11-3-2-4-12(14)13(11)20(17,18)15-5-6-16-7-9-19-10-8-16/h2-4,15H,5-10,14H2,1H3. The van der Waals surface area contributed by atoms with Crippen LogP contribution in [0.25, 0.3) is 0 Å². The summed E-state index contributed by atoms with van der Waals surface area (Å²) in [4.78, 5) is 2.36. The van der Waals surface area contributed by atoms with Crippen molar-refractivity contribution in [2.45, 2.75) is 11.8 Å². The van der Waals surface area contributed by atoms with Crippen molar-refractivity contribution < 1.29 is 13.2 Å². The second-order valence-corrected chi connectivity index (χ2v) is 6.55. The average molecular weight is 299 g/mol. The first-order chi connectivity index (χ1) is 9.50. The first-order valence-electron chi connectivity index (χ1n) is 6.65. The Morgan fingerprint density at radius 3 is 2.70 bits per heavy atom. The summed E-state index contributed by atoms with van der Waals surface area (Å²) < 4.78 is 32.4. The van der Waals surface area contributed by atoms with Crippen molar-refractivity contribution in [3.63, 3.8) is 0 Å². The Morgan fingerprint density at radius 1 is 1.35 bits per heavy atom. The predicted octanol–water partition coefficient (Wildman–Crippen LogP) is 0.188. The molecule has 7 heteroatoms. The molecule has 0 aliphatic carbocycles. The van der Waals surface area contributed by atoms with E-state index >= 15 is 0 Å². The summed E-state index contributed by atoms with van der Waals surface area (Å²) >= 11 is 0. The van der Waals surface area contributed by atoms with Crippen LogP contribution in [0.15, 0.2) is 23.1 Å². The predicted molar refractivity (Wildman–Crippen MR) is 78.0 cm³/mol. The average Bonchev–Trinajstić information content (AvgIpc) is 2.39. The Labute approximate surface area is 120 Å². The number of nitrogens with zero attached hydrogens (tertiary/aromatic N) is 1. The Morgan fingerprint density at radius 2 is 2.05 bits per heavy atom. The van der Waals surface area contributed by atoms with Gasteiger partial charge in [0.05, 0.1) is 18.9 Å². The van der Waals surface area contributed by atoms with Crippen LogP contribution in [0.5, 0.6) is 0 Å². The van der Waals surface area contributed by atoms with Crippen LogP contribution >= 0.6 is 0 Å². The minimum Gasteiger partial charge on any atom is -0.398 e. The molecule has 0 unspecified atom stereocenters. The Hall–Kier alpha value is -1.15. The van der Waals surface area contributed by atoms with E-state index < -0.39 is 10.0 Å². The number of aryl methyl sites for hydroxylation is 1. The van der Waals surface area contributed by atoms with Crippen molar-refractivity contribution in [2.75, 3.05) is 45.1 Å². The van der Waals surface area contributed by atoms with Crippen LogP contribution in [0, 0.1) is 6.92 Å².